The summed E-state index contributed by atoms with van der Waals surface area (Å²) >= 11 is 0. The first-order valence-corrected chi connectivity index (χ1v) is 9.81. The van der Waals surface area contributed by atoms with Crippen molar-refractivity contribution >= 4 is 27.3 Å². The van der Waals surface area contributed by atoms with E-state index in [4.69, 9.17) is 4.74 Å². The molecule has 0 spiro atoms. The van der Waals surface area contributed by atoms with E-state index in [0.717, 1.165) is 10.4 Å². The Hall–Kier alpha value is -3.14. The molecule has 2 aromatic rings. The number of nitro groups is 1. The quantitative estimate of drug-likeness (QED) is 0.568. The van der Waals surface area contributed by atoms with Crippen molar-refractivity contribution in [2.24, 2.45) is 0 Å². The minimum Gasteiger partial charge on any atom is -0.476 e. The highest BCUT2D eigenvalue weighted by Gasteiger charge is 2.38. The number of nitro benzene ring substituents is 1. The number of nitrogens with zero attached hydrogens (tertiary/aromatic N) is 3. The fourth-order valence-electron chi connectivity index (χ4n) is 2.92. The van der Waals surface area contributed by atoms with E-state index >= 15 is 0 Å². The Morgan fingerprint density at radius 3 is 2.57 bits per heavy atom. The van der Waals surface area contributed by atoms with Gasteiger partial charge >= 0.3 is 0 Å². The van der Waals surface area contributed by atoms with Gasteiger partial charge in [-0.1, -0.05) is 18.2 Å². The van der Waals surface area contributed by atoms with Crippen LogP contribution in [0.1, 0.15) is 5.56 Å². The molecule has 0 bridgehead atoms. The highest BCUT2D eigenvalue weighted by molar-refractivity contribution is 7.92. The summed E-state index contributed by atoms with van der Waals surface area (Å²) in [6.45, 7) is 1.29. The largest absolute Gasteiger partial charge is 0.476 e. The Morgan fingerprint density at radius 2 is 1.93 bits per heavy atom. The molecule has 1 aliphatic rings. The van der Waals surface area contributed by atoms with Crippen LogP contribution in [0.15, 0.2) is 47.4 Å². The summed E-state index contributed by atoms with van der Waals surface area (Å²) in [7, 11) is -1.06. The molecule has 0 N–H and O–H groups in total. The minimum atomic E-state index is -4.16. The van der Waals surface area contributed by atoms with Gasteiger partial charge < -0.3 is 9.64 Å². The topological polar surface area (TPSA) is 110 Å². The van der Waals surface area contributed by atoms with E-state index in [9.17, 15) is 23.3 Å². The van der Waals surface area contributed by atoms with E-state index in [-0.39, 0.29) is 34.5 Å². The molecule has 3 rings (SSSR count). The van der Waals surface area contributed by atoms with Gasteiger partial charge in [0.05, 0.1) is 22.1 Å². The van der Waals surface area contributed by atoms with E-state index in [2.05, 4.69) is 0 Å². The third kappa shape index (κ3) is 3.38. The average Bonchev–Trinajstić information content (AvgIpc) is 2.66. The van der Waals surface area contributed by atoms with Crippen LogP contribution in [0, 0.1) is 17.0 Å². The summed E-state index contributed by atoms with van der Waals surface area (Å²) in [5, 5.41) is 11.2. The predicted octanol–water partition coefficient (Wildman–Crippen LogP) is 1.95. The molecule has 1 aliphatic heterocycles. The normalized spacial score (nSPS) is 16.1. The van der Waals surface area contributed by atoms with Crippen molar-refractivity contribution in [3.05, 3.63) is 58.1 Å². The molecule has 0 aliphatic carbocycles. The van der Waals surface area contributed by atoms with Crippen molar-refractivity contribution in [3.8, 4) is 5.75 Å². The zero-order chi connectivity index (χ0) is 20.6. The van der Waals surface area contributed by atoms with Gasteiger partial charge in [0, 0.05) is 25.7 Å². The van der Waals surface area contributed by atoms with Crippen LogP contribution >= 0.6 is 0 Å². The summed E-state index contributed by atoms with van der Waals surface area (Å²) in [5.41, 5.74) is 0.337. The van der Waals surface area contributed by atoms with Gasteiger partial charge in [-0.2, -0.15) is 0 Å². The van der Waals surface area contributed by atoms with Gasteiger partial charge in [-0.05, 0) is 25.1 Å². The van der Waals surface area contributed by atoms with Gasteiger partial charge in [0.1, 0.15) is 5.75 Å². The standard InChI is InChI=1S/C18H19N3O6S/c1-12-8-9-13(10-15(12)21(23)24)28(25,26)20-11-17(18(22)19(2)3)27-16-7-5-4-6-14(16)20/h4-10,17H,11H2,1-3H3. The molecule has 148 valence electrons. The Balaban J connectivity index is 2.11. The Morgan fingerprint density at radius 1 is 1.25 bits per heavy atom. The molecule has 1 heterocycles. The molecule has 0 saturated carbocycles. The number of carbonyl (C=O) groups is 1. The van der Waals surface area contributed by atoms with Crippen LogP contribution in [0.25, 0.3) is 0 Å². The van der Waals surface area contributed by atoms with Crippen LogP contribution in [0.5, 0.6) is 5.75 Å². The Bertz CT molecular complexity index is 1050. The number of rotatable bonds is 4. The maximum Gasteiger partial charge on any atom is 0.273 e. The molecule has 2 aromatic carbocycles. The second kappa shape index (κ2) is 7.12. The number of amides is 1. The maximum absolute atomic E-state index is 13.3. The van der Waals surface area contributed by atoms with Crippen molar-refractivity contribution in [2.45, 2.75) is 17.9 Å². The van der Waals surface area contributed by atoms with Gasteiger partial charge in [-0.3, -0.25) is 19.2 Å². The second-order valence-electron chi connectivity index (χ2n) is 6.55. The van der Waals surface area contributed by atoms with Gasteiger partial charge in [-0.25, -0.2) is 8.42 Å². The Kier molecular flexibility index (Phi) is 4.99. The summed E-state index contributed by atoms with van der Waals surface area (Å²) in [6, 6.07) is 10.2. The first-order chi connectivity index (χ1) is 13.1. The monoisotopic (exact) mass is 405 g/mol. The summed E-state index contributed by atoms with van der Waals surface area (Å²) in [5.74, 6) is -0.135. The van der Waals surface area contributed by atoms with E-state index < -0.39 is 21.1 Å². The number of ether oxygens (including phenoxy) is 1. The number of hydrogen-bond acceptors (Lipinski definition) is 6. The van der Waals surface area contributed by atoms with Gasteiger partial charge in [-0.15, -0.1) is 0 Å². The molecule has 9 nitrogen and oxygen atoms in total. The molecule has 0 fully saturated rings. The highest BCUT2D eigenvalue weighted by Crippen LogP contribution is 2.37. The van der Waals surface area contributed by atoms with Gasteiger partial charge in [0.15, 0.2) is 6.10 Å². The molecular weight excluding hydrogens is 386 g/mol. The van der Waals surface area contributed by atoms with E-state index in [1.54, 1.807) is 38.4 Å². The first-order valence-electron chi connectivity index (χ1n) is 8.37. The van der Waals surface area contributed by atoms with Crippen LogP contribution in [0.4, 0.5) is 11.4 Å². The third-order valence-corrected chi connectivity index (χ3v) is 6.19. The number of anilines is 1. The molecule has 28 heavy (non-hydrogen) atoms. The Labute approximate surface area is 162 Å². The van der Waals surface area contributed by atoms with Crippen molar-refractivity contribution in [3.63, 3.8) is 0 Å². The number of hydrogen-bond donors (Lipinski definition) is 0. The number of sulfonamides is 1. The summed E-state index contributed by atoms with van der Waals surface area (Å²) in [4.78, 5) is 24.1. The number of carbonyl (C=O) groups excluding carboxylic acids is 1. The predicted molar refractivity (Wildman–Crippen MR) is 102 cm³/mol. The van der Waals surface area contributed by atoms with E-state index in [0.29, 0.717) is 5.56 Å². The average molecular weight is 405 g/mol. The molecule has 1 amide bonds. The van der Waals surface area contributed by atoms with Crippen LogP contribution in [-0.4, -0.2) is 50.9 Å². The fourth-order valence-corrected chi connectivity index (χ4v) is 4.42. The van der Waals surface area contributed by atoms with Crippen molar-refractivity contribution in [1.29, 1.82) is 0 Å². The number of fused-ring (bicyclic) bond motifs is 1. The number of aryl methyl sites for hydroxylation is 1. The lowest BCUT2D eigenvalue weighted by Gasteiger charge is -2.35. The highest BCUT2D eigenvalue weighted by atomic mass is 32.2. The van der Waals surface area contributed by atoms with Crippen molar-refractivity contribution in [2.75, 3.05) is 24.9 Å². The number of likely N-dealkylation sites (N-methyl/N-ethyl adjacent to an activating group) is 1. The zero-order valence-electron chi connectivity index (χ0n) is 15.5. The lowest BCUT2D eigenvalue weighted by Crippen LogP contribution is -2.50. The lowest BCUT2D eigenvalue weighted by atomic mass is 10.2. The molecule has 0 radical (unpaired) electrons. The van der Waals surface area contributed by atoms with Crippen molar-refractivity contribution < 1.29 is 22.9 Å². The molecule has 0 aromatic heterocycles. The van der Waals surface area contributed by atoms with Gasteiger partial charge in [0.2, 0.25) is 0 Å². The first kappa shape index (κ1) is 19.6. The van der Waals surface area contributed by atoms with Crippen molar-refractivity contribution in [1.82, 2.24) is 4.90 Å². The molecule has 1 atom stereocenters. The van der Waals surface area contributed by atoms with Crippen LogP contribution in [-0.2, 0) is 14.8 Å². The van der Waals surface area contributed by atoms with Crippen LogP contribution < -0.4 is 9.04 Å². The molecule has 1 unspecified atom stereocenters. The van der Waals surface area contributed by atoms with E-state index in [1.165, 1.54) is 24.0 Å². The smallest absolute Gasteiger partial charge is 0.273 e. The number of para-hydroxylation sites is 2. The maximum atomic E-state index is 13.3. The summed E-state index contributed by atoms with van der Waals surface area (Å²) < 4.78 is 33.3. The van der Waals surface area contributed by atoms with Crippen LogP contribution in [0.3, 0.4) is 0 Å². The molecule has 10 heteroatoms. The SMILES string of the molecule is Cc1ccc(S(=O)(=O)N2CC(C(=O)N(C)C)Oc3ccccc32)cc1[N+](=O)[O-]. The third-order valence-electron chi connectivity index (χ3n) is 4.42. The van der Waals surface area contributed by atoms with Crippen LogP contribution in [0.2, 0.25) is 0 Å². The lowest BCUT2D eigenvalue weighted by molar-refractivity contribution is -0.385. The second-order valence-corrected chi connectivity index (χ2v) is 8.41. The number of benzene rings is 2. The molecular formula is C18H19N3O6S. The summed E-state index contributed by atoms with van der Waals surface area (Å²) in [6.07, 6.45) is -1.03. The van der Waals surface area contributed by atoms with E-state index in [1.807, 2.05) is 0 Å². The fraction of sp³-hybridized carbons (Fsp3) is 0.278. The van der Waals surface area contributed by atoms with Gasteiger partial charge in [0.25, 0.3) is 21.6 Å². The molecule has 0 saturated heterocycles. The minimum absolute atomic E-state index is 0.224. The zero-order valence-corrected chi connectivity index (χ0v) is 16.3.